The van der Waals surface area contributed by atoms with E-state index in [1.807, 2.05) is 0 Å². The molecule has 0 aliphatic rings. The highest BCUT2D eigenvalue weighted by molar-refractivity contribution is 8.13. The summed E-state index contributed by atoms with van der Waals surface area (Å²) in [5.74, 6) is -0.442. The average molecular weight is 363 g/mol. The van der Waals surface area contributed by atoms with Crippen LogP contribution in [0.15, 0.2) is 47.5 Å². The second kappa shape index (κ2) is 7.23. The van der Waals surface area contributed by atoms with Gasteiger partial charge in [0.25, 0.3) is 0 Å². The molecule has 0 atom stereocenters. The molecule has 0 aliphatic carbocycles. The molecular formula is C15H11ClF4N2S. The number of hydrogen-bond donors (Lipinski definition) is 1. The summed E-state index contributed by atoms with van der Waals surface area (Å²) in [6.45, 7) is 0. The summed E-state index contributed by atoms with van der Waals surface area (Å²) in [7, 11) is 0. The van der Waals surface area contributed by atoms with E-state index in [-0.39, 0.29) is 27.2 Å². The predicted molar refractivity (Wildman–Crippen MR) is 85.4 cm³/mol. The van der Waals surface area contributed by atoms with Gasteiger partial charge in [-0.15, -0.1) is 0 Å². The van der Waals surface area contributed by atoms with E-state index in [1.165, 1.54) is 36.4 Å². The van der Waals surface area contributed by atoms with E-state index < -0.39 is 17.6 Å². The Morgan fingerprint density at radius 1 is 1.13 bits per heavy atom. The van der Waals surface area contributed by atoms with Gasteiger partial charge in [-0.1, -0.05) is 41.6 Å². The quantitative estimate of drug-likeness (QED) is 0.452. The van der Waals surface area contributed by atoms with Gasteiger partial charge in [-0.05, 0) is 24.3 Å². The van der Waals surface area contributed by atoms with Crippen LogP contribution in [0.25, 0.3) is 0 Å². The summed E-state index contributed by atoms with van der Waals surface area (Å²) < 4.78 is 52.2. The van der Waals surface area contributed by atoms with Gasteiger partial charge < -0.3 is 5.73 Å². The first-order valence-corrected chi connectivity index (χ1v) is 7.71. The van der Waals surface area contributed by atoms with Crippen molar-refractivity contribution in [1.82, 2.24) is 0 Å². The molecule has 23 heavy (non-hydrogen) atoms. The lowest BCUT2D eigenvalue weighted by molar-refractivity contribution is -0.137. The van der Waals surface area contributed by atoms with Crippen molar-refractivity contribution in [3.63, 3.8) is 0 Å². The van der Waals surface area contributed by atoms with Crippen molar-refractivity contribution in [2.45, 2.75) is 11.9 Å². The smallest absolute Gasteiger partial charge is 0.378 e. The number of halogens is 5. The van der Waals surface area contributed by atoms with Crippen LogP contribution in [0.2, 0.25) is 5.02 Å². The number of rotatable bonds is 3. The van der Waals surface area contributed by atoms with Crippen molar-refractivity contribution in [2.75, 3.05) is 0 Å². The Labute approximate surface area is 139 Å². The summed E-state index contributed by atoms with van der Waals surface area (Å²) in [6.07, 6.45) is -4.53. The van der Waals surface area contributed by atoms with Gasteiger partial charge in [0.05, 0.1) is 11.3 Å². The first-order chi connectivity index (χ1) is 10.8. The monoisotopic (exact) mass is 362 g/mol. The Morgan fingerprint density at radius 3 is 2.48 bits per heavy atom. The molecule has 0 heterocycles. The maximum Gasteiger partial charge on any atom is 0.418 e. The standard InChI is InChI=1S/C15H11ClF4N2S/c16-11-5-3-6-12(17)9(11)8-23-14(21)22-13-7-2-1-4-10(13)15(18,19)20/h1-7H,8H2,(H2,21,22). The van der Waals surface area contributed by atoms with Gasteiger partial charge in [0, 0.05) is 16.3 Å². The highest BCUT2D eigenvalue weighted by atomic mass is 35.5. The zero-order valence-corrected chi connectivity index (χ0v) is 13.1. The number of amidine groups is 1. The van der Waals surface area contributed by atoms with Crippen LogP contribution in [0, 0.1) is 5.82 Å². The molecule has 2 rings (SSSR count). The Bertz CT molecular complexity index is 711. The Balaban J connectivity index is 2.19. The molecule has 0 fully saturated rings. The zero-order chi connectivity index (χ0) is 17.0. The van der Waals surface area contributed by atoms with Crippen molar-refractivity contribution >= 4 is 34.2 Å². The summed E-state index contributed by atoms with van der Waals surface area (Å²) in [5.41, 5.74) is 4.70. The molecule has 2 aromatic rings. The minimum Gasteiger partial charge on any atom is -0.378 e. The lowest BCUT2D eigenvalue weighted by Gasteiger charge is -2.10. The number of nitrogens with two attached hydrogens (primary N) is 1. The van der Waals surface area contributed by atoms with Crippen molar-refractivity contribution in [3.05, 3.63) is 64.4 Å². The fourth-order valence-electron chi connectivity index (χ4n) is 1.78. The number of benzene rings is 2. The summed E-state index contributed by atoms with van der Waals surface area (Å²) in [6, 6.07) is 9.06. The van der Waals surface area contributed by atoms with Gasteiger partial charge in [-0.3, -0.25) is 0 Å². The fourth-order valence-corrected chi connectivity index (χ4v) is 2.84. The van der Waals surface area contributed by atoms with E-state index in [0.29, 0.717) is 0 Å². The van der Waals surface area contributed by atoms with E-state index in [9.17, 15) is 17.6 Å². The minimum absolute atomic E-state index is 0.0645. The lowest BCUT2D eigenvalue weighted by atomic mass is 10.2. The lowest BCUT2D eigenvalue weighted by Crippen LogP contribution is -2.09. The second-order valence-corrected chi connectivity index (χ2v) is 5.86. The van der Waals surface area contributed by atoms with Gasteiger partial charge in [0.2, 0.25) is 0 Å². The van der Waals surface area contributed by atoms with Crippen LogP contribution in [-0.2, 0) is 11.9 Å². The summed E-state index contributed by atoms with van der Waals surface area (Å²) in [5, 5.41) is 0.113. The third-order valence-corrected chi connectivity index (χ3v) is 4.04. The molecule has 0 saturated carbocycles. The SMILES string of the molecule is NC(=Nc1ccccc1C(F)(F)F)SCc1c(F)cccc1Cl. The van der Waals surface area contributed by atoms with E-state index in [1.54, 1.807) is 0 Å². The normalized spacial score (nSPS) is 12.5. The van der Waals surface area contributed by atoms with Gasteiger partial charge in [0.15, 0.2) is 5.17 Å². The predicted octanol–water partition coefficient (Wildman–Crippen LogP) is 5.38. The molecule has 0 aliphatic heterocycles. The van der Waals surface area contributed by atoms with E-state index in [4.69, 9.17) is 17.3 Å². The average Bonchev–Trinajstić information content (AvgIpc) is 2.46. The van der Waals surface area contributed by atoms with Crippen LogP contribution in [0.3, 0.4) is 0 Å². The molecule has 0 spiro atoms. The molecule has 2 aromatic carbocycles. The molecular weight excluding hydrogens is 352 g/mol. The van der Waals surface area contributed by atoms with Gasteiger partial charge in [0.1, 0.15) is 5.82 Å². The molecule has 0 amide bonds. The molecule has 2 N–H and O–H groups in total. The second-order valence-electron chi connectivity index (χ2n) is 4.45. The number of para-hydroxylation sites is 1. The molecule has 0 unspecified atom stereocenters. The Hall–Kier alpha value is -1.73. The molecule has 0 radical (unpaired) electrons. The maximum absolute atomic E-state index is 13.6. The summed E-state index contributed by atoms with van der Waals surface area (Å²) in [4.78, 5) is 3.77. The van der Waals surface area contributed by atoms with Crippen LogP contribution in [0.1, 0.15) is 11.1 Å². The van der Waals surface area contributed by atoms with Crippen molar-refractivity contribution in [2.24, 2.45) is 10.7 Å². The van der Waals surface area contributed by atoms with Crippen LogP contribution < -0.4 is 5.73 Å². The molecule has 122 valence electrons. The van der Waals surface area contributed by atoms with Crippen LogP contribution in [-0.4, -0.2) is 5.17 Å². The van der Waals surface area contributed by atoms with Gasteiger partial charge in [-0.2, -0.15) is 13.2 Å². The number of hydrogen-bond acceptors (Lipinski definition) is 2. The topological polar surface area (TPSA) is 38.4 Å². The zero-order valence-electron chi connectivity index (χ0n) is 11.6. The molecule has 0 bridgehead atoms. The van der Waals surface area contributed by atoms with Crippen LogP contribution >= 0.6 is 23.4 Å². The molecule has 0 aromatic heterocycles. The van der Waals surface area contributed by atoms with E-state index in [0.717, 1.165) is 17.8 Å². The van der Waals surface area contributed by atoms with E-state index >= 15 is 0 Å². The van der Waals surface area contributed by atoms with E-state index in [2.05, 4.69) is 4.99 Å². The van der Waals surface area contributed by atoms with Crippen LogP contribution in [0.5, 0.6) is 0 Å². The number of nitrogens with zero attached hydrogens (tertiary/aromatic N) is 1. The fraction of sp³-hybridized carbons (Fsp3) is 0.133. The number of aliphatic imine (C=N–C) groups is 1. The highest BCUT2D eigenvalue weighted by Crippen LogP contribution is 2.36. The minimum atomic E-state index is -4.53. The van der Waals surface area contributed by atoms with Gasteiger partial charge >= 0.3 is 6.18 Å². The maximum atomic E-state index is 13.6. The van der Waals surface area contributed by atoms with Crippen LogP contribution in [0.4, 0.5) is 23.2 Å². The first-order valence-electron chi connectivity index (χ1n) is 6.35. The molecule has 0 saturated heterocycles. The van der Waals surface area contributed by atoms with Crippen molar-refractivity contribution in [1.29, 1.82) is 0 Å². The largest absolute Gasteiger partial charge is 0.418 e. The third kappa shape index (κ3) is 4.62. The third-order valence-electron chi connectivity index (χ3n) is 2.87. The highest BCUT2D eigenvalue weighted by Gasteiger charge is 2.33. The molecule has 8 heteroatoms. The van der Waals surface area contributed by atoms with Crippen molar-refractivity contribution < 1.29 is 17.6 Å². The van der Waals surface area contributed by atoms with Gasteiger partial charge in [-0.25, -0.2) is 9.38 Å². The Kier molecular flexibility index (Phi) is 5.54. The molecule has 2 nitrogen and oxygen atoms in total. The number of alkyl halides is 3. The first kappa shape index (κ1) is 17.6. The Morgan fingerprint density at radius 2 is 1.83 bits per heavy atom. The summed E-state index contributed by atoms with van der Waals surface area (Å²) >= 11 is 6.78. The van der Waals surface area contributed by atoms with Crippen molar-refractivity contribution in [3.8, 4) is 0 Å². The number of thioether (sulfide) groups is 1.